The normalized spacial score (nSPS) is 11.7. The van der Waals surface area contributed by atoms with Crippen LogP contribution in [0.2, 0.25) is 0 Å². The van der Waals surface area contributed by atoms with Gasteiger partial charge in [-0.1, -0.05) is 52.9 Å². The number of amides is 1. The summed E-state index contributed by atoms with van der Waals surface area (Å²) in [5.74, 6) is 0.314. The lowest BCUT2D eigenvalue weighted by atomic mass is 10.2. The van der Waals surface area contributed by atoms with Gasteiger partial charge in [0.05, 0.1) is 12.8 Å². The average molecular weight is 387 g/mol. The first-order valence-electron chi connectivity index (χ1n) is 6.97. The average Bonchev–Trinajstić information content (AvgIpc) is 2.93. The molecule has 0 aliphatic heterocycles. The topological polar surface area (TPSA) is 92.3 Å². The number of aromatic nitrogens is 2. The molecule has 0 fully saturated rings. The highest BCUT2D eigenvalue weighted by Gasteiger charge is 2.16. The number of sulfonamides is 1. The number of rotatable bonds is 7. The molecule has 130 valence electrons. The minimum Gasteiger partial charge on any atom is -0.299 e. The maximum Gasteiger partial charge on any atom is 0.241 e. The van der Waals surface area contributed by atoms with Crippen molar-refractivity contribution in [1.29, 1.82) is 0 Å². The fraction of sp³-hybridized carbons (Fsp3) is 0.357. The van der Waals surface area contributed by atoms with Crippen LogP contribution in [0.25, 0.3) is 0 Å². The number of hydrogen-bond donors (Lipinski definition) is 1. The third-order valence-corrected chi connectivity index (χ3v) is 6.37. The Morgan fingerprint density at radius 1 is 1.29 bits per heavy atom. The van der Waals surface area contributed by atoms with E-state index in [2.05, 4.69) is 39.8 Å². The van der Waals surface area contributed by atoms with Crippen LogP contribution in [-0.4, -0.2) is 48.7 Å². The van der Waals surface area contributed by atoms with Gasteiger partial charge in [-0.2, -0.15) is 4.31 Å². The molecule has 0 saturated carbocycles. The second-order valence-electron chi connectivity index (χ2n) is 5.21. The van der Waals surface area contributed by atoms with Crippen LogP contribution < -0.4 is 5.32 Å². The van der Waals surface area contributed by atoms with Crippen LogP contribution in [0.5, 0.6) is 0 Å². The second kappa shape index (κ2) is 8.06. The summed E-state index contributed by atoms with van der Waals surface area (Å²) < 4.78 is 24.3. The van der Waals surface area contributed by atoms with E-state index < -0.39 is 15.9 Å². The van der Waals surface area contributed by atoms with E-state index in [9.17, 15) is 13.2 Å². The molecule has 0 aliphatic rings. The van der Waals surface area contributed by atoms with Gasteiger partial charge < -0.3 is 0 Å². The third-order valence-electron chi connectivity index (χ3n) is 3.07. The number of anilines is 1. The van der Waals surface area contributed by atoms with Crippen molar-refractivity contribution in [2.75, 3.05) is 25.2 Å². The van der Waals surface area contributed by atoms with Crippen molar-refractivity contribution in [3.05, 3.63) is 35.4 Å². The van der Waals surface area contributed by atoms with Crippen LogP contribution in [0.4, 0.5) is 5.13 Å². The van der Waals surface area contributed by atoms with Crippen molar-refractivity contribution in [3.63, 3.8) is 0 Å². The van der Waals surface area contributed by atoms with E-state index >= 15 is 0 Å². The summed E-state index contributed by atoms with van der Waals surface area (Å²) in [6.07, 6.45) is 1.05. The SMILES string of the molecule is Cc1ccc(CSc2nnc(NC(=O)CN(C)S(C)(=O)=O)s2)cc1. The first-order chi connectivity index (χ1) is 11.2. The molecule has 10 heteroatoms. The van der Waals surface area contributed by atoms with Crippen LogP contribution in [-0.2, 0) is 20.6 Å². The Balaban J connectivity index is 1.86. The summed E-state index contributed by atoms with van der Waals surface area (Å²) in [5, 5.41) is 10.8. The van der Waals surface area contributed by atoms with Gasteiger partial charge in [-0.15, -0.1) is 10.2 Å². The number of thioether (sulfide) groups is 1. The molecule has 1 aromatic carbocycles. The zero-order valence-electron chi connectivity index (χ0n) is 13.5. The van der Waals surface area contributed by atoms with Gasteiger partial charge >= 0.3 is 0 Å². The van der Waals surface area contributed by atoms with Crippen LogP contribution in [0.1, 0.15) is 11.1 Å². The lowest BCUT2D eigenvalue weighted by Gasteiger charge is -2.12. The van der Waals surface area contributed by atoms with Crippen molar-refractivity contribution in [2.24, 2.45) is 0 Å². The number of likely N-dealkylation sites (N-methyl/N-ethyl adjacent to an activating group) is 1. The Morgan fingerprint density at radius 2 is 1.96 bits per heavy atom. The predicted molar refractivity (Wildman–Crippen MR) is 96.8 cm³/mol. The third kappa shape index (κ3) is 5.86. The van der Waals surface area contributed by atoms with Gasteiger partial charge in [0.1, 0.15) is 0 Å². The maximum atomic E-state index is 11.8. The molecule has 0 unspecified atom stereocenters. The fourth-order valence-electron chi connectivity index (χ4n) is 1.63. The molecule has 1 heterocycles. The van der Waals surface area contributed by atoms with Crippen molar-refractivity contribution >= 4 is 44.2 Å². The number of benzene rings is 1. The zero-order valence-corrected chi connectivity index (χ0v) is 16.0. The van der Waals surface area contributed by atoms with E-state index in [-0.39, 0.29) is 6.54 Å². The number of carbonyl (C=O) groups is 1. The van der Waals surface area contributed by atoms with Gasteiger partial charge in [0, 0.05) is 12.8 Å². The van der Waals surface area contributed by atoms with Crippen molar-refractivity contribution < 1.29 is 13.2 Å². The smallest absolute Gasteiger partial charge is 0.241 e. The van der Waals surface area contributed by atoms with Gasteiger partial charge in [-0.05, 0) is 12.5 Å². The Kier molecular flexibility index (Phi) is 6.33. The predicted octanol–water partition coefficient (Wildman–Crippen LogP) is 1.97. The van der Waals surface area contributed by atoms with E-state index in [0.29, 0.717) is 5.13 Å². The molecule has 1 aromatic heterocycles. The van der Waals surface area contributed by atoms with Gasteiger partial charge in [-0.25, -0.2) is 8.42 Å². The second-order valence-corrected chi connectivity index (χ2v) is 9.50. The minimum absolute atomic E-state index is 0.260. The maximum absolute atomic E-state index is 11.8. The molecule has 7 nitrogen and oxygen atoms in total. The molecule has 1 amide bonds. The minimum atomic E-state index is -3.39. The van der Waals surface area contributed by atoms with E-state index in [1.165, 1.54) is 41.3 Å². The number of aryl methyl sites for hydroxylation is 1. The summed E-state index contributed by atoms with van der Waals surface area (Å²) >= 11 is 2.79. The molecule has 0 spiro atoms. The highest BCUT2D eigenvalue weighted by molar-refractivity contribution is 8.00. The standard InChI is InChI=1S/C14H18N4O3S3/c1-10-4-6-11(7-5-10)9-22-14-17-16-13(23-14)15-12(19)8-18(2)24(3,20)21/h4-7H,8-9H2,1-3H3,(H,15,16,19). The molecule has 0 atom stereocenters. The molecule has 2 rings (SSSR count). The molecular weight excluding hydrogens is 368 g/mol. The van der Waals surface area contributed by atoms with Gasteiger partial charge in [0.2, 0.25) is 21.1 Å². The zero-order chi connectivity index (χ0) is 17.7. The van der Waals surface area contributed by atoms with E-state index in [1.807, 2.05) is 6.92 Å². The molecule has 2 aromatic rings. The quantitative estimate of drug-likeness (QED) is 0.578. The largest absolute Gasteiger partial charge is 0.299 e. The van der Waals surface area contributed by atoms with Crippen molar-refractivity contribution in [1.82, 2.24) is 14.5 Å². The summed E-state index contributed by atoms with van der Waals surface area (Å²) in [4.78, 5) is 11.8. The number of hydrogen-bond acceptors (Lipinski definition) is 7. The Labute approximate surface area is 149 Å². The van der Waals surface area contributed by atoms with Gasteiger partial charge in [0.25, 0.3) is 0 Å². The van der Waals surface area contributed by atoms with Crippen LogP contribution >= 0.6 is 23.1 Å². The number of carbonyl (C=O) groups excluding carboxylic acids is 1. The fourth-order valence-corrected chi connectivity index (χ4v) is 3.70. The first kappa shape index (κ1) is 18.8. The van der Waals surface area contributed by atoms with Crippen molar-refractivity contribution in [2.45, 2.75) is 17.0 Å². The van der Waals surface area contributed by atoms with E-state index in [0.717, 1.165) is 20.7 Å². The van der Waals surface area contributed by atoms with Crippen LogP contribution in [0.15, 0.2) is 28.6 Å². The van der Waals surface area contributed by atoms with Crippen LogP contribution in [0.3, 0.4) is 0 Å². The summed E-state index contributed by atoms with van der Waals surface area (Å²) in [6.45, 7) is 1.78. The van der Waals surface area contributed by atoms with Gasteiger partial charge in [-0.3, -0.25) is 10.1 Å². The van der Waals surface area contributed by atoms with Crippen LogP contribution in [0, 0.1) is 6.92 Å². The molecule has 1 N–H and O–H groups in total. The molecule has 0 radical (unpaired) electrons. The summed E-state index contributed by atoms with van der Waals surface area (Å²) in [7, 11) is -2.05. The van der Waals surface area contributed by atoms with Gasteiger partial charge in [0.15, 0.2) is 4.34 Å². The summed E-state index contributed by atoms with van der Waals surface area (Å²) in [5.41, 5.74) is 2.39. The molecule has 0 saturated heterocycles. The lowest BCUT2D eigenvalue weighted by Crippen LogP contribution is -2.34. The Hall–Kier alpha value is -1.49. The van der Waals surface area contributed by atoms with E-state index in [4.69, 9.17) is 0 Å². The molecule has 24 heavy (non-hydrogen) atoms. The monoisotopic (exact) mass is 386 g/mol. The highest BCUT2D eigenvalue weighted by Crippen LogP contribution is 2.28. The Morgan fingerprint density at radius 3 is 2.58 bits per heavy atom. The number of nitrogens with one attached hydrogen (secondary N) is 1. The molecule has 0 aliphatic carbocycles. The first-order valence-corrected chi connectivity index (χ1v) is 10.6. The molecule has 0 bridgehead atoms. The lowest BCUT2D eigenvalue weighted by molar-refractivity contribution is -0.116. The summed E-state index contributed by atoms with van der Waals surface area (Å²) in [6, 6.07) is 8.24. The van der Waals surface area contributed by atoms with Crippen molar-refractivity contribution in [3.8, 4) is 0 Å². The molecular formula is C14H18N4O3S3. The van der Waals surface area contributed by atoms with E-state index in [1.54, 1.807) is 0 Å². The highest BCUT2D eigenvalue weighted by atomic mass is 32.2. The number of nitrogens with zero attached hydrogens (tertiary/aromatic N) is 3. The Bertz CT molecular complexity index is 803.